The van der Waals surface area contributed by atoms with Crippen molar-refractivity contribution >= 4 is 0 Å². The minimum Gasteiger partial charge on any atom is -0.374 e. The molecule has 0 aliphatic carbocycles. The largest absolute Gasteiger partial charge is 0.374 e. The number of nitrogens with two attached hydrogens (primary N) is 1. The molecule has 1 aliphatic rings. The third-order valence-electron chi connectivity index (χ3n) is 2.52. The highest BCUT2D eigenvalue weighted by Crippen LogP contribution is 2.24. The standard InChI is InChI=1S/C10H22N2O/c1-9(2,11)7-12-8-5-6-13-10(8,3)4/h8,12H,5-7,11H2,1-4H3. The lowest BCUT2D eigenvalue weighted by Crippen LogP contribution is -2.51. The van der Waals surface area contributed by atoms with Gasteiger partial charge >= 0.3 is 0 Å². The van der Waals surface area contributed by atoms with Crippen LogP contribution in [0.15, 0.2) is 0 Å². The smallest absolute Gasteiger partial charge is 0.0779 e. The van der Waals surface area contributed by atoms with Crippen molar-refractivity contribution in [3.8, 4) is 0 Å². The van der Waals surface area contributed by atoms with Gasteiger partial charge < -0.3 is 15.8 Å². The van der Waals surface area contributed by atoms with Crippen LogP contribution in [0.1, 0.15) is 34.1 Å². The van der Waals surface area contributed by atoms with E-state index >= 15 is 0 Å². The molecule has 3 N–H and O–H groups in total. The highest BCUT2D eigenvalue weighted by molar-refractivity contribution is 4.92. The molecule has 0 spiro atoms. The molecule has 1 heterocycles. The first-order valence-corrected chi connectivity index (χ1v) is 4.97. The molecule has 1 unspecified atom stereocenters. The van der Waals surface area contributed by atoms with E-state index in [0.29, 0.717) is 6.04 Å². The van der Waals surface area contributed by atoms with Crippen molar-refractivity contribution in [1.29, 1.82) is 0 Å². The second kappa shape index (κ2) is 3.56. The molecule has 1 atom stereocenters. The van der Waals surface area contributed by atoms with Gasteiger partial charge in [0.25, 0.3) is 0 Å². The summed E-state index contributed by atoms with van der Waals surface area (Å²) >= 11 is 0. The van der Waals surface area contributed by atoms with E-state index in [4.69, 9.17) is 10.5 Å². The van der Waals surface area contributed by atoms with Crippen molar-refractivity contribution < 1.29 is 4.74 Å². The van der Waals surface area contributed by atoms with Crippen molar-refractivity contribution in [3.63, 3.8) is 0 Å². The van der Waals surface area contributed by atoms with Crippen LogP contribution in [0.25, 0.3) is 0 Å². The fraction of sp³-hybridized carbons (Fsp3) is 1.00. The topological polar surface area (TPSA) is 47.3 Å². The van der Waals surface area contributed by atoms with Gasteiger partial charge in [-0.05, 0) is 34.1 Å². The molecular formula is C10H22N2O. The summed E-state index contributed by atoms with van der Waals surface area (Å²) in [6.45, 7) is 10.0. The molecule has 1 fully saturated rings. The van der Waals surface area contributed by atoms with Gasteiger partial charge in [-0.25, -0.2) is 0 Å². The molecule has 1 rings (SSSR count). The van der Waals surface area contributed by atoms with E-state index in [-0.39, 0.29) is 11.1 Å². The summed E-state index contributed by atoms with van der Waals surface area (Å²) < 4.78 is 5.61. The SMILES string of the molecule is CC(C)(N)CNC1CCOC1(C)C. The lowest BCUT2D eigenvalue weighted by molar-refractivity contribution is 0.0210. The van der Waals surface area contributed by atoms with Crippen molar-refractivity contribution in [1.82, 2.24) is 5.32 Å². The monoisotopic (exact) mass is 186 g/mol. The van der Waals surface area contributed by atoms with Crippen molar-refractivity contribution in [2.45, 2.75) is 51.3 Å². The third-order valence-corrected chi connectivity index (χ3v) is 2.52. The zero-order chi connectivity index (χ0) is 10.1. The number of hydrogen-bond donors (Lipinski definition) is 2. The Labute approximate surface area is 81.0 Å². The predicted molar refractivity (Wildman–Crippen MR) is 54.7 cm³/mol. The van der Waals surface area contributed by atoms with Gasteiger partial charge in [0.05, 0.1) is 5.60 Å². The summed E-state index contributed by atoms with van der Waals surface area (Å²) in [4.78, 5) is 0. The Kier molecular flexibility index (Phi) is 3.00. The van der Waals surface area contributed by atoms with Gasteiger partial charge in [-0.2, -0.15) is 0 Å². The molecule has 0 radical (unpaired) electrons. The van der Waals surface area contributed by atoms with Crippen LogP contribution >= 0.6 is 0 Å². The first kappa shape index (κ1) is 11.0. The summed E-state index contributed by atoms with van der Waals surface area (Å²) in [7, 11) is 0. The Balaban J connectivity index is 2.37. The van der Waals surface area contributed by atoms with Gasteiger partial charge in [0.1, 0.15) is 0 Å². The van der Waals surface area contributed by atoms with Gasteiger partial charge in [-0.15, -0.1) is 0 Å². The van der Waals surface area contributed by atoms with Crippen LogP contribution < -0.4 is 11.1 Å². The molecule has 0 aromatic heterocycles. The van der Waals surface area contributed by atoms with Crippen LogP contribution in [0.3, 0.4) is 0 Å². The molecule has 3 heteroatoms. The summed E-state index contributed by atoms with van der Waals surface area (Å²) in [5.74, 6) is 0. The summed E-state index contributed by atoms with van der Waals surface area (Å²) in [5.41, 5.74) is 5.72. The normalized spacial score (nSPS) is 27.9. The average Bonchev–Trinajstić information content (AvgIpc) is 2.23. The number of hydrogen-bond acceptors (Lipinski definition) is 3. The van der Waals surface area contributed by atoms with Crippen LogP contribution in [0.4, 0.5) is 0 Å². The number of rotatable bonds is 3. The fourth-order valence-corrected chi connectivity index (χ4v) is 1.62. The summed E-state index contributed by atoms with van der Waals surface area (Å²) in [5, 5.41) is 3.46. The maximum absolute atomic E-state index is 5.90. The van der Waals surface area contributed by atoms with Crippen LogP contribution in [0.5, 0.6) is 0 Å². The minimum absolute atomic E-state index is 0.0365. The second-order valence-electron chi connectivity index (χ2n) is 5.16. The Morgan fingerprint density at radius 3 is 2.54 bits per heavy atom. The molecule has 3 nitrogen and oxygen atoms in total. The van der Waals surface area contributed by atoms with Gasteiger partial charge in [-0.3, -0.25) is 0 Å². The van der Waals surface area contributed by atoms with E-state index in [2.05, 4.69) is 19.2 Å². The molecule has 1 saturated heterocycles. The lowest BCUT2D eigenvalue weighted by atomic mass is 9.97. The highest BCUT2D eigenvalue weighted by atomic mass is 16.5. The maximum atomic E-state index is 5.90. The number of ether oxygens (including phenoxy) is 1. The molecule has 13 heavy (non-hydrogen) atoms. The zero-order valence-corrected chi connectivity index (χ0v) is 9.18. The van der Waals surface area contributed by atoms with Crippen LogP contribution in [0.2, 0.25) is 0 Å². The molecule has 0 bridgehead atoms. The Bertz CT molecular complexity index is 172. The van der Waals surface area contributed by atoms with Crippen molar-refractivity contribution in [2.24, 2.45) is 5.73 Å². The van der Waals surface area contributed by atoms with Gasteiger partial charge in [0, 0.05) is 24.7 Å². The molecule has 0 aromatic carbocycles. The lowest BCUT2D eigenvalue weighted by Gasteiger charge is -2.29. The third kappa shape index (κ3) is 3.25. The van der Waals surface area contributed by atoms with Gasteiger partial charge in [-0.1, -0.05) is 0 Å². The van der Waals surface area contributed by atoms with Gasteiger partial charge in [0.2, 0.25) is 0 Å². The van der Waals surface area contributed by atoms with E-state index in [1.54, 1.807) is 0 Å². The summed E-state index contributed by atoms with van der Waals surface area (Å²) in [6, 6.07) is 0.440. The number of nitrogens with one attached hydrogen (secondary N) is 1. The minimum atomic E-state index is -0.140. The predicted octanol–water partition coefficient (Wildman–Crippen LogP) is 0.881. The molecule has 0 aromatic rings. The highest BCUT2D eigenvalue weighted by Gasteiger charge is 2.35. The Hall–Kier alpha value is -0.120. The van der Waals surface area contributed by atoms with Crippen molar-refractivity contribution in [2.75, 3.05) is 13.2 Å². The molecule has 1 aliphatic heterocycles. The molecule has 0 amide bonds. The Morgan fingerprint density at radius 2 is 2.15 bits per heavy atom. The van der Waals surface area contributed by atoms with Crippen LogP contribution in [-0.2, 0) is 4.74 Å². The molecular weight excluding hydrogens is 164 g/mol. The first-order valence-electron chi connectivity index (χ1n) is 4.97. The average molecular weight is 186 g/mol. The van der Waals surface area contributed by atoms with E-state index in [0.717, 1.165) is 19.6 Å². The summed E-state index contributed by atoms with van der Waals surface area (Å²) in [6.07, 6.45) is 1.09. The van der Waals surface area contributed by atoms with E-state index in [1.165, 1.54) is 0 Å². The zero-order valence-electron chi connectivity index (χ0n) is 9.18. The van der Waals surface area contributed by atoms with E-state index in [1.807, 2.05) is 13.8 Å². The van der Waals surface area contributed by atoms with Crippen molar-refractivity contribution in [3.05, 3.63) is 0 Å². The molecule has 78 valence electrons. The van der Waals surface area contributed by atoms with Gasteiger partial charge in [0.15, 0.2) is 0 Å². The quantitative estimate of drug-likeness (QED) is 0.688. The fourth-order valence-electron chi connectivity index (χ4n) is 1.62. The van der Waals surface area contributed by atoms with Crippen LogP contribution in [-0.4, -0.2) is 30.3 Å². The molecule has 0 saturated carbocycles. The first-order chi connectivity index (χ1) is 5.81. The van der Waals surface area contributed by atoms with E-state index in [9.17, 15) is 0 Å². The van der Waals surface area contributed by atoms with Crippen LogP contribution in [0, 0.1) is 0 Å². The second-order valence-corrected chi connectivity index (χ2v) is 5.16. The maximum Gasteiger partial charge on any atom is 0.0779 e. The Morgan fingerprint density at radius 1 is 1.54 bits per heavy atom. The van der Waals surface area contributed by atoms with E-state index < -0.39 is 0 Å².